The van der Waals surface area contributed by atoms with Crippen LogP contribution in [0.3, 0.4) is 0 Å². The number of rotatable bonds is 2. The predicted octanol–water partition coefficient (Wildman–Crippen LogP) is 4.97. The third kappa shape index (κ3) is 4.01. The fraction of sp³-hybridized carbons (Fsp3) is 0.565. The lowest BCUT2D eigenvalue weighted by Gasteiger charge is -2.43. The number of anilines is 1. The van der Waals surface area contributed by atoms with E-state index < -0.39 is 5.60 Å². The minimum Gasteiger partial charge on any atom is -0.444 e. The molecule has 3 aromatic rings. The Balaban J connectivity index is 1.41. The van der Waals surface area contributed by atoms with Gasteiger partial charge in [0.15, 0.2) is 5.82 Å². The molecule has 1 N–H and O–H groups in total. The zero-order chi connectivity index (χ0) is 23.5. The van der Waals surface area contributed by atoms with Crippen molar-refractivity contribution in [2.45, 2.75) is 65.5 Å². The fourth-order valence-corrected chi connectivity index (χ4v) is 6.60. The smallest absolute Gasteiger partial charge is 0.408 e. The molecule has 0 radical (unpaired) electrons. The van der Waals surface area contributed by atoms with Crippen molar-refractivity contribution in [1.82, 2.24) is 24.9 Å². The Kier molecular flexibility index (Phi) is 5.43. The maximum atomic E-state index is 12.7. The van der Waals surface area contributed by atoms with Crippen LogP contribution in [-0.2, 0) is 11.2 Å². The Morgan fingerprint density at radius 1 is 1.27 bits per heavy atom. The fourth-order valence-electron chi connectivity index (χ4n) is 5.10. The highest BCUT2D eigenvalue weighted by atomic mass is 79.9. The minimum absolute atomic E-state index is 0.0593. The van der Waals surface area contributed by atoms with Crippen LogP contribution < -0.4 is 10.2 Å². The summed E-state index contributed by atoms with van der Waals surface area (Å²) >= 11 is 5.34. The number of carbonyl (C=O) groups is 1. The van der Waals surface area contributed by atoms with Gasteiger partial charge in [-0.15, -0.1) is 11.3 Å². The highest BCUT2D eigenvalue weighted by Crippen LogP contribution is 2.53. The first kappa shape index (κ1) is 22.6. The molecule has 1 fully saturated rings. The standard InChI is InChI=1S/C23H29BrN6O2S/c1-13-19(24)30-15(6-9-25-30)20(26-13)29-10-7-23(8-11-29)12-16-17(27-14(2)33-16)18(23)28-21(31)32-22(3,4)5/h6,9,18H,7-8,10-12H2,1-5H3,(H,28,31)/t18-/m1/s1. The number of aryl methyl sites for hydroxylation is 2. The van der Waals surface area contributed by atoms with Gasteiger partial charge in [-0.2, -0.15) is 5.10 Å². The van der Waals surface area contributed by atoms with Crippen LogP contribution >= 0.6 is 27.3 Å². The van der Waals surface area contributed by atoms with Crippen LogP contribution in [-0.4, -0.2) is 44.4 Å². The molecule has 0 bridgehead atoms. The number of alkyl carbamates (subject to hydrolysis) is 1. The lowest BCUT2D eigenvalue weighted by Crippen LogP contribution is -2.48. The Labute approximate surface area is 205 Å². The van der Waals surface area contributed by atoms with Gasteiger partial charge in [-0.1, -0.05) is 0 Å². The Bertz CT molecular complexity index is 1220. The van der Waals surface area contributed by atoms with E-state index in [2.05, 4.69) is 31.2 Å². The number of carbonyl (C=O) groups excluding carboxylic acids is 1. The number of thiazole rings is 1. The van der Waals surface area contributed by atoms with Crippen molar-refractivity contribution in [3.8, 4) is 0 Å². The highest BCUT2D eigenvalue weighted by Gasteiger charge is 2.51. The molecule has 176 valence electrons. The molecule has 10 heteroatoms. The molecule has 4 heterocycles. The number of hydrogen-bond donors (Lipinski definition) is 1. The highest BCUT2D eigenvalue weighted by molar-refractivity contribution is 9.10. The topological polar surface area (TPSA) is 84.7 Å². The molecule has 1 aliphatic carbocycles. The summed E-state index contributed by atoms with van der Waals surface area (Å²) in [4.78, 5) is 26.1. The number of fused-ring (bicyclic) bond motifs is 2. The van der Waals surface area contributed by atoms with E-state index in [0.717, 1.165) is 64.7 Å². The first-order valence-electron chi connectivity index (χ1n) is 11.3. The van der Waals surface area contributed by atoms with Crippen LogP contribution in [0.1, 0.15) is 60.9 Å². The lowest BCUT2D eigenvalue weighted by atomic mass is 9.73. The van der Waals surface area contributed by atoms with Gasteiger partial charge >= 0.3 is 6.09 Å². The van der Waals surface area contributed by atoms with E-state index in [1.165, 1.54) is 4.88 Å². The van der Waals surface area contributed by atoms with Crippen LogP contribution in [0, 0.1) is 19.3 Å². The molecule has 1 amide bonds. The summed E-state index contributed by atoms with van der Waals surface area (Å²) < 4.78 is 8.38. The predicted molar refractivity (Wildman–Crippen MR) is 132 cm³/mol. The van der Waals surface area contributed by atoms with Gasteiger partial charge in [0.1, 0.15) is 15.7 Å². The van der Waals surface area contributed by atoms with Crippen molar-refractivity contribution < 1.29 is 9.53 Å². The number of amides is 1. The molecule has 0 saturated carbocycles. The van der Waals surface area contributed by atoms with Gasteiger partial charge in [-0.3, -0.25) is 0 Å². The number of piperidine rings is 1. The van der Waals surface area contributed by atoms with E-state index in [1.54, 1.807) is 17.5 Å². The van der Waals surface area contributed by atoms with Crippen LogP contribution in [0.4, 0.5) is 10.6 Å². The minimum atomic E-state index is -0.540. The van der Waals surface area contributed by atoms with Crippen molar-refractivity contribution in [3.05, 3.63) is 38.1 Å². The van der Waals surface area contributed by atoms with Gasteiger partial charge < -0.3 is 15.0 Å². The number of nitrogens with zero attached hydrogens (tertiary/aromatic N) is 5. The first-order chi connectivity index (χ1) is 15.6. The molecular formula is C23H29BrN6O2S. The molecule has 1 aliphatic heterocycles. The second kappa shape index (κ2) is 7.94. The summed E-state index contributed by atoms with van der Waals surface area (Å²) in [7, 11) is 0. The molecule has 2 aliphatic rings. The normalized spacial score (nSPS) is 19.8. The summed E-state index contributed by atoms with van der Waals surface area (Å²) in [6, 6.07) is 1.87. The number of halogens is 1. The third-order valence-electron chi connectivity index (χ3n) is 6.58. The van der Waals surface area contributed by atoms with Gasteiger partial charge in [-0.25, -0.2) is 19.3 Å². The van der Waals surface area contributed by atoms with Crippen molar-refractivity contribution in [2.24, 2.45) is 5.41 Å². The zero-order valence-corrected chi connectivity index (χ0v) is 22.0. The number of hydrogen-bond acceptors (Lipinski definition) is 7. The molecule has 5 rings (SSSR count). The van der Waals surface area contributed by atoms with Gasteiger partial charge in [0.2, 0.25) is 0 Å². The largest absolute Gasteiger partial charge is 0.444 e. The second-order valence-electron chi connectivity index (χ2n) is 10.1. The number of ether oxygens (including phenoxy) is 1. The average Bonchev–Trinajstić information content (AvgIpc) is 3.40. The van der Waals surface area contributed by atoms with Gasteiger partial charge in [0.05, 0.1) is 28.6 Å². The molecule has 3 aromatic heterocycles. The molecule has 8 nitrogen and oxygen atoms in total. The molecule has 0 unspecified atom stereocenters. The summed E-state index contributed by atoms with van der Waals surface area (Å²) in [5.74, 6) is 0.960. The van der Waals surface area contributed by atoms with E-state index in [0.29, 0.717) is 0 Å². The number of aromatic nitrogens is 4. The van der Waals surface area contributed by atoms with E-state index in [-0.39, 0.29) is 17.6 Å². The van der Waals surface area contributed by atoms with Crippen molar-refractivity contribution in [1.29, 1.82) is 0 Å². The van der Waals surface area contributed by atoms with Crippen molar-refractivity contribution >= 4 is 44.7 Å². The Hall–Kier alpha value is -2.20. The molecule has 1 saturated heterocycles. The SMILES string of the molecule is Cc1nc2c(s1)CC1(CCN(c3nc(C)c(Br)n4nccc34)CC1)[C@@H]2NC(=O)OC(C)(C)C. The summed E-state index contributed by atoms with van der Waals surface area (Å²) in [5, 5.41) is 8.68. The molecular weight excluding hydrogens is 504 g/mol. The average molecular weight is 533 g/mol. The van der Waals surface area contributed by atoms with Crippen LogP contribution in [0.15, 0.2) is 16.9 Å². The maximum Gasteiger partial charge on any atom is 0.408 e. The number of nitrogens with one attached hydrogen (secondary N) is 1. The molecule has 33 heavy (non-hydrogen) atoms. The third-order valence-corrected chi connectivity index (χ3v) is 8.48. The molecule has 1 atom stereocenters. The van der Waals surface area contributed by atoms with Gasteiger partial charge in [0, 0.05) is 23.4 Å². The molecule has 0 aromatic carbocycles. The van der Waals surface area contributed by atoms with Gasteiger partial charge in [-0.05, 0) is 75.9 Å². The van der Waals surface area contributed by atoms with E-state index >= 15 is 0 Å². The quantitative estimate of drug-likeness (QED) is 0.501. The Morgan fingerprint density at radius 3 is 2.70 bits per heavy atom. The second-order valence-corrected chi connectivity index (χ2v) is 12.1. The van der Waals surface area contributed by atoms with E-state index in [4.69, 9.17) is 14.7 Å². The first-order valence-corrected chi connectivity index (χ1v) is 12.9. The van der Waals surface area contributed by atoms with Crippen LogP contribution in [0.2, 0.25) is 0 Å². The van der Waals surface area contributed by atoms with Crippen LogP contribution in [0.25, 0.3) is 5.52 Å². The maximum absolute atomic E-state index is 12.7. The van der Waals surface area contributed by atoms with E-state index in [9.17, 15) is 4.79 Å². The molecule has 1 spiro atoms. The summed E-state index contributed by atoms with van der Waals surface area (Å²) in [6.07, 6.45) is 4.25. The Morgan fingerprint density at radius 2 is 2.00 bits per heavy atom. The zero-order valence-electron chi connectivity index (χ0n) is 19.6. The van der Waals surface area contributed by atoms with Crippen molar-refractivity contribution in [2.75, 3.05) is 18.0 Å². The summed E-state index contributed by atoms with van der Waals surface area (Å²) in [6.45, 7) is 11.4. The van der Waals surface area contributed by atoms with Gasteiger partial charge in [0.25, 0.3) is 0 Å². The van der Waals surface area contributed by atoms with Crippen LogP contribution in [0.5, 0.6) is 0 Å². The van der Waals surface area contributed by atoms with Crippen molar-refractivity contribution in [3.63, 3.8) is 0 Å². The lowest BCUT2D eigenvalue weighted by molar-refractivity contribution is 0.0425. The van der Waals surface area contributed by atoms with E-state index in [1.807, 2.05) is 45.2 Å². The monoisotopic (exact) mass is 532 g/mol. The summed E-state index contributed by atoms with van der Waals surface area (Å²) in [5.41, 5.74) is 2.33.